The van der Waals surface area contributed by atoms with Crippen molar-refractivity contribution in [3.8, 4) is 5.75 Å². The molecule has 2 fully saturated rings. The summed E-state index contributed by atoms with van der Waals surface area (Å²) in [4.78, 5) is 32.4. The summed E-state index contributed by atoms with van der Waals surface area (Å²) in [6.07, 6.45) is 6.13. The summed E-state index contributed by atoms with van der Waals surface area (Å²) in [5.41, 5.74) is 2.41. The Hall–Kier alpha value is -2.89. The maximum Gasteiger partial charge on any atom is 0.253 e. The Morgan fingerprint density at radius 2 is 1.75 bits per heavy atom. The molecule has 6 heteroatoms. The van der Waals surface area contributed by atoms with Gasteiger partial charge in [-0.1, -0.05) is 31.0 Å². The van der Waals surface area contributed by atoms with Crippen molar-refractivity contribution in [2.45, 2.75) is 51.4 Å². The highest BCUT2D eigenvalue weighted by Crippen LogP contribution is 2.32. The number of hydrogen-bond donors (Lipinski definition) is 1. The number of rotatable bonds is 7. The third-order valence-electron chi connectivity index (χ3n) is 6.61. The zero-order valence-corrected chi connectivity index (χ0v) is 18.9. The number of nitrogens with one attached hydrogen (secondary N) is 1. The molecule has 0 spiro atoms. The first kappa shape index (κ1) is 22.3. The number of hydrogen-bond acceptors (Lipinski definition) is 4. The molecule has 2 aromatic rings. The van der Waals surface area contributed by atoms with E-state index < -0.39 is 0 Å². The van der Waals surface area contributed by atoms with Gasteiger partial charge in [0.1, 0.15) is 12.4 Å². The molecular formula is C26H33N3O3. The number of aromatic nitrogens is 1. The number of likely N-dealkylation sites (tertiary alicyclic amines) is 1. The Morgan fingerprint density at radius 3 is 2.47 bits per heavy atom. The third-order valence-corrected chi connectivity index (χ3v) is 6.61. The van der Waals surface area contributed by atoms with Crippen LogP contribution in [0.2, 0.25) is 0 Å². The second-order valence-corrected chi connectivity index (χ2v) is 8.88. The van der Waals surface area contributed by atoms with Crippen molar-refractivity contribution < 1.29 is 14.3 Å². The quantitative estimate of drug-likeness (QED) is 0.665. The maximum atomic E-state index is 12.9. The van der Waals surface area contributed by atoms with E-state index >= 15 is 0 Å². The largest absolute Gasteiger partial charge is 0.492 e. The van der Waals surface area contributed by atoms with Crippen molar-refractivity contribution >= 4 is 11.8 Å². The van der Waals surface area contributed by atoms with Gasteiger partial charge >= 0.3 is 0 Å². The van der Waals surface area contributed by atoms with Crippen LogP contribution in [0.1, 0.15) is 66.2 Å². The van der Waals surface area contributed by atoms with Gasteiger partial charge in [0.25, 0.3) is 5.91 Å². The number of ether oxygens (including phenoxy) is 1. The van der Waals surface area contributed by atoms with Gasteiger partial charge < -0.3 is 15.0 Å². The average Bonchev–Trinajstić information content (AvgIpc) is 3.37. The highest BCUT2D eigenvalue weighted by molar-refractivity contribution is 5.95. The zero-order chi connectivity index (χ0) is 22.3. The molecule has 6 nitrogen and oxygen atoms in total. The van der Waals surface area contributed by atoms with Gasteiger partial charge in [-0.25, -0.2) is 0 Å². The van der Waals surface area contributed by atoms with E-state index in [-0.39, 0.29) is 17.7 Å². The Labute approximate surface area is 190 Å². The molecule has 170 valence electrons. The highest BCUT2D eigenvalue weighted by Gasteiger charge is 2.32. The van der Waals surface area contributed by atoms with Crippen LogP contribution in [0.4, 0.5) is 0 Å². The number of pyridine rings is 1. The number of carbonyl (C=O) groups excluding carboxylic acids is 2. The van der Waals surface area contributed by atoms with Crippen molar-refractivity contribution in [1.29, 1.82) is 0 Å². The first-order valence-electron chi connectivity index (χ1n) is 11.8. The Kier molecular flexibility index (Phi) is 7.40. The van der Waals surface area contributed by atoms with E-state index in [2.05, 4.69) is 5.32 Å². The number of nitrogens with zero attached hydrogens (tertiary/aromatic N) is 2. The van der Waals surface area contributed by atoms with Crippen LogP contribution in [-0.2, 0) is 4.79 Å². The summed E-state index contributed by atoms with van der Waals surface area (Å²) in [7, 11) is 0. The van der Waals surface area contributed by atoms with E-state index in [0.717, 1.165) is 55.9 Å². The Bertz CT molecular complexity index is 917. The van der Waals surface area contributed by atoms with Gasteiger partial charge in [0.15, 0.2) is 0 Å². The summed E-state index contributed by atoms with van der Waals surface area (Å²) >= 11 is 0. The summed E-state index contributed by atoms with van der Waals surface area (Å²) < 4.78 is 5.67. The molecule has 1 saturated heterocycles. The van der Waals surface area contributed by atoms with E-state index in [9.17, 15) is 9.59 Å². The minimum absolute atomic E-state index is 0.117. The van der Waals surface area contributed by atoms with Crippen LogP contribution in [-0.4, -0.2) is 47.9 Å². The molecule has 2 amide bonds. The lowest BCUT2D eigenvalue weighted by Crippen LogP contribution is -2.41. The maximum absolute atomic E-state index is 12.9. The molecule has 2 heterocycles. The number of aryl methyl sites for hydroxylation is 1. The first-order chi connectivity index (χ1) is 15.6. The van der Waals surface area contributed by atoms with Crippen LogP contribution >= 0.6 is 0 Å². The fourth-order valence-corrected chi connectivity index (χ4v) is 4.83. The van der Waals surface area contributed by atoms with Crippen LogP contribution in [0.3, 0.4) is 0 Å². The van der Waals surface area contributed by atoms with E-state index in [4.69, 9.17) is 9.72 Å². The standard InChI is InChI=1S/C26H33N3O3/c1-19-11-12-23(25(30)27-15-18-32-22-9-3-2-4-10-22)24(28-19)20-13-16-29(17-14-20)26(31)21-7-5-6-8-21/h2-4,9-12,20-21H,5-8,13-18H2,1H3,(H,27,30). The SMILES string of the molecule is Cc1ccc(C(=O)NCCOc2ccccc2)c(C2CCN(C(=O)C3CCCC3)CC2)n1. The molecule has 32 heavy (non-hydrogen) atoms. The zero-order valence-electron chi connectivity index (χ0n) is 18.9. The number of amides is 2. The van der Waals surface area contributed by atoms with Crippen molar-refractivity contribution in [2.24, 2.45) is 5.92 Å². The summed E-state index contributed by atoms with van der Waals surface area (Å²) in [5.74, 6) is 1.42. The lowest BCUT2D eigenvalue weighted by molar-refractivity contribution is -0.136. The van der Waals surface area contributed by atoms with E-state index in [1.165, 1.54) is 12.8 Å². The lowest BCUT2D eigenvalue weighted by Gasteiger charge is -2.34. The van der Waals surface area contributed by atoms with E-state index in [0.29, 0.717) is 24.6 Å². The number of piperidine rings is 1. The molecule has 0 atom stereocenters. The van der Waals surface area contributed by atoms with Crippen molar-refractivity contribution in [3.63, 3.8) is 0 Å². The first-order valence-corrected chi connectivity index (χ1v) is 11.8. The van der Waals surface area contributed by atoms with Crippen molar-refractivity contribution in [2.75, 3.05) is 26.2 Å². The average molecular weight is 436 g/mol. The van der Waals surface area contributed by atoms with E-state index in [1.807, 2.05) is 54.3 Å². The Morgan fingerprint density at radius 1 is 1.03 bits per heavy atom. The van der Waals surface area contributed by atoms with Gasteiger partial charge in [-0.15, -0.1) is 0 Å². The van der Waals surface area contributed by atoms with Crippen LogP contribution < -0.4 is 10.1 Å². The molecule has 1 N–H and O–H groups in total. The molecule has 2 aliphatic rings. The molecule has 1 aliphatic heterocycles. The minimum atomic E-state index is -0.117. The summed E-state index contributed by atoms with van der Waals surface area (Å²) in [5, 5.41) is 2.96. The van der Waals surface area contributed by atoms with Gasteiger partial charge in [-0.3, -0.25) is 14.6 Å². The second-order valence-electron chi connectivity index (χ2n) is 8.88. The fraction of sp³-hybridized carbons (Fsp3) is 0.500. The smallest absolute Gasteiger partial charge is 0.253 e. The number of carbonyl (C=O) groups is 2. The highest BCUT2D eigenvalue weighted by atomic mass is 16.5. The normalized spacial score (nSPS) is 17.3. The molecule has 1 aliphatic carbocycles. The second kappa shape index (κ2) is 10.6. The topological polar surface area (TPSA) is 71.5 Å². The molecule has 0 unspecified atom stereocenters. The van der Waals surface area contributed by atoms with Crippen molar-refractivity contribution in [1.82, 2.24) is 15.2 Å². The molecule has 1 saturated carbocycles. The van der Waals surface area contributed by atoms with Crippen LogP contribution in [0.15, 0.2) is 42.5 Å². The molecule has 1 aromatic carbocycles. The monoisotopic (exact) mass is 435 g/mol. The van der Waals surface area contributed by atoms with Gasteiger partial charge in [-0.05, 0) is 56.9 Å². The molecule has 0 bridgehead atoms. The molecule has 0 radical (unpaired) electrons. The van der Waals surface area contributed by atoms with Gasteiger partial charge in [0.05, 0.1) is 17.8 Å². The van der Waals surface area contributed by atoms with E-state index in [1.54, 1.807) is 0 Å². The predicted octanol–water partition coefficient (Wildman–Crippen LogP) is 4.10. The fourth-order valence-electron chi connectivity index (χ4n) is 4.83. The number of para-hydroxylation sites is 1. The number of benzene rings is 1. The van der Waals surface area contributed by atoms with Gasteiger partial charge in [-0.2, -0.15) is 0 Å². The molecular weight excluding hydrogens is 402 g/mol. The van der Waals surface area contributed by atoms with Crippen LogP contribution in [0, 0.1) is 12.8 Å². The van der Waals surface area contributed by atoms with Gasteiger partial charge in [0.2, 0.25) is 5.91 Å². The van der Waals surface area contributed by atoms with Gasteiger partial charge in [0, 0.05) is 30.6 Å². The summed E-state index contributed by atoms with van der Waals surface area (Å²) in [6.45, 7) is 4.29. The van der Waals surface area contributed by atoms with Crippen LogP contribution in [0.25, 0.3) is 0 Å². The Balaban J connectivity index is 1.33. The molecule has 1 aromatic heterocycles. The predicted molar refractivity (Wildman–Crippen MR) is 124 cm³/mol. The minimum Gasteiger partial charge on any atom is -0.492 e. The lowest BCUT2D eigenvalue weighted by atomic mass is 9.89. The van der Waals surface area contributed by atoms with Crippen LogP contribution in [0.5, 0.6) is 5.75 Å². The van der Waals surface area contributed by atoms with Crippen molar-refractivity contribution in [3.05, 3.63) is 59.4 Å². The molecule has 4 rings (SSSR count). The summed E-state index contributed by atoms with van der Waals surface area (Å²) in [6, 6.07) is 13.3. The third kappa shape index (κ3) is 5.47.